The van der Waals surface area contributed by atoms with Crippen molar-refractivity contribution in [3.63, 3.8) is 0 Å². The molecule has 0 aliphatic carbocycles. The molecule has 5 heteroatoms. The summed E-state index contributed by atoms with van der Waals surface area (Å²) in [6, 6.07) is 5.67. The van der Waals surface area contributed by atoms with Crippen molar-refractivity contribution in [3.8, 4) is 0 Å². The second-order valence-corrected chi connectivity index (χ2v) is 4.66. The molecule has 0 spiro atoms. The fourth-order valence-corrected chi connectivity index (χ4v) is 2.23. The van der Waals surface area contributed by atoms with Crippen LogP contribution in [0.4, 0.5) is 0 Å². The van der Waals surface area contributed by atoms with E-state index < -0.39 is 0 Å². The standard InChI is InChI=1S/C11H10ClN3S/c1-8-6-10(12)15-11(14-8)7-16-9-2-4-13-5-3-9/h2-6H,7H2,1H3. The normalized spacial score (nSPS) is 10.4. The van der Waals surface area contributed by atoms with Gasteiger partial charge in [0.05, 0.1) is 5.75 Å². The molecule has 0 atom stereocenters. The summed E-state index contributed by atoms with van der Waals surface area (Å²) in [6.45, 7) is 1.91. The third kappa shape index (κ3) is 3.18. The highest BCUT2D eigenvalue weighted by Crippen LogP contribution is 2.20. The molecule has 2 aromatic heterocycles. The van der Waals surface area contributed by atoms with Crippen molar-refractivity contribution < 1.29 is 0 Å². The van der Waals surface area contributed by atoms with Crippen molar-refractivity contribution in [2.45, 2.75) is 17.6 Å². The van der Waals surface area contributed by atoms with E-state index in [-0.39, 0.29) is 0 Å². The zero-order valence-corrected chi connectivity index (χ0v) is 10.3. The topological polar surface area (TPSA) is 38.7 Å². The Hall–Kier alpha value is -1.13. The summed E-state index contributed by atoms with van der Waals surface area (Å²) < 4.78 is 0. The second kappa shape index (κ2) is 5.27. The number of rotatable bonds is 3. The lowest BCUT2D eigenvalue weighted by atomic mass is 10.4. The molecule has 0 aromatic carbocycles. The van der Waals surface area contributed by atoms with E-state index in [1.165, 1.54) is 0 Å². The zero-order chi connectivity index (χ0) is 11.4. The van der Waals surface area contributed by atoms with Crippen molar-refractivity contribution in [1.29, 1.82) is 0 Å². The number of thioether (sulfide) groups is 1. The molecule has 0 fully saturated rings. The first-order chi connectivity index (χ1) is 7.74. The summed E-state index contributed by atoms with van der Waals surface area (Å²) in [5.41, 5.74) is 0.894. The molecule has 82 valence electrons. The van der Waals surface area contributed by atoms with E-state index in [4.69, 9.17) is 11.6 Å². The lowest BCUT2D eigenvalue weighted by Gasteiger charge is -2.02. The van der Waals surface area contributed by atoms with E-state index in [0.717, 1.165) is 16.4 Å². The van der Waals surface area contributed by atoms with Crippen LogP contribution in [-0.2, 0) is 5.75 Å². The summed E-state index contributed by atoms with van der Waals surface area (Å²) in [5.74, 6) is 1.47. The van der Waals surface area contributed by atoms with Gasteiger partial charge in [0.15, 0.2) is 0 Å². The summed E-state index contributed by atoms with van der Waals surface area (Å²) >= 11 is 7.53. The van der Waals surface area contributed by atoms with Gasteiger partial charge in [0.2, 0.25) is 0 Å². The van der Waals surface area contributed by atoms with Crippen LogP contribution < -0.4 is 0 Å². The van der Waals surface area contributed by atoms with Crippen LogP contribution >= 0.6 is 23.4 Å². The van der Waals surface area contributed by atoms with Crippen molar-refractivity contribution in [2.75, 3.05) is 0 Å². The first-order valence-corrected chi connectivity index (χ1v) is 6.13. The average Bonchev–Trinajstić information content (AvgIpc) is 2.27. The Morgan fingerprint density at radius 3 is 2.69 bits per heavy atom. The lowest BCUT2D eigenvalue weighted by Crippen LogP contribution is -1.95. The van der Waals surface area contributed by atoms with Gasteiger partial charge in [0.25, 0.3) is 0 Å². The minimum Gasteiger partial charge on any atom is -0.265 e. The molecule has 0 aliphatic rings. The van der Waals surface area contributed by atoms with Gasteiger partial charge in [-0.05, 0) is 25.1 Å². The summed E-state index contributed by atoms with van der Waals surface area (Å²) in [7, 11) is 0. The molecular weight excluding hydrogens is 242 g/mol. The SMILES string of the molecule is Cc1cc(Cl)nc(CSc2ccncc2)n1. The molecule has 3 nitrogen and oxygen atoms in total. The maximum Gasteiger partial charge on any atom is 0.140 e. The Kier molecular flexibility index (Phi) is 3.74. The molecular formula is C11H10ClN3S. The molecule has 0 saturated heterocycles. The Morgan fingerprint density at radius 1 is 1.25 bits per heavy atom. The molecule has 2 heterocycles. The first kappa shape index (κ1) is 11.4. The van der Waals surface area contributed by atoms with Crippen molar-refractivity contribution >= 4 is 23.4 Å². The van der Waals surface area contributed by atoms with Crippen LogP contribution in [-0.4, -0.2) is 15.0 Å². The van der Waals surface area contributed by atoms with Crippen LogP contribution in [0.5, 0.6) is 0 Å². The molecule has 0 N–H and O–H groups in total. The third-order valence-corrected chi connectivity index (χ3v) is 3.09. The van der Waals surface area contributed by atoms with E-state index >= 15 is 0 Å². The highest BCUT2D eigenvalue weighted by molar-refractivity contribution is 7.98. The number of nitrogens with zero attached hydrogens (tertiary/aromatic N) is 3. The molecule has 0 aliphatic heterocycles. The van der Waals surface area contributed by atoms with Crippen LogP contribution in [0, 0.1) is 6.92 Å². The molecule has 0 radical (unpaired) electrons. The van der Waals surface area contributed by atoms with E-state index in [1.54, 1.807) is 30.2 Å². The smallest absolute Gasteiger partial charge is 0.140 e. The maximum atomic E-state index is 5.86. The minimum atomic E-state index is 0.498. The monoisotopic (exact) mass is 251 g/mol. The first-order valence-electron chi connectivity index (χ1n) is 4.77. The largest absolute Gasteiger partial charge is 0.265 e. The van der Waals surface area contributed by atoms with Crippen LogP contribution in [0.2, 0.25) is 5.15 Å². The van der Waals surface area contributed by atoms with Gasteiger partial charge in [0.1, 0.15) is 11.0 Å². The second-order valence-electron chi connectivity index (χ2n) is 3.22. The van der Waals surface area contributed by atoms with Crippen LogP contribution in [0.1, 0.15) is 11.5 Å². The zero-order valence-electron chi connectivity index (χ0n) is 8.72. The average molecular weight is 252 g/mol. The van der Waals surface area contributed by atoms with Gasteiger partial charge in [-0.3, -0.25) is 4.98 Å². The fourth-order valence-electron chi connectivity index (χ4n) is 1.24. The summed E-state index contributed by atoms with van der Waals surface area (Å²) in [5, 5.41) is 0.498. The minimum absolute atomic E-state index is 0.498. The Morgan fingerprint density at radius 2 is 2.00 bits per heavy atom. The molecule has 0 bridgehead atoms. The van der Waals surface area contributed by atoms with E-state index in [1.807, 2.05) is 19.1 Å². The molecule has 2 aromatic rings. The highest BCUT2D eigenvalue weighted by atomic mass is 35.5. The molecule has 16 heavy (non-hydrogen) atoms. The van der Waals surface area contributed by atoms with Crippen LogP contribution in [0.25, 0.3) is 0 Å². The van der Waals surface area contributed by atoms with Gasteiger partial charge in [-0.25, -0.2) is 9.97 Å². The third-order valence-electron chi connectivity index (χ3n) is 1.89. The van der Waals surface area contributed by atoms with Gasteiger partial charge in [-0.15, -0.1) is 11.8 Å². The van der Waals surface area contributed by atoms with Crippen LogP contribution in [0.15, 0.2) is 35.5 Å². The Bertz CT molecular complexity index is 456. The summed E-state index contributed by atoms with van der Waals surface area (Å²) in [6.07, 6.45) is 3.54. The number of hydrogen-bond donors (Lipinski definition) is 0. The van der Waals surface area contributed by atoms with Crippen molar-refractivity contribution in [3.05, 3.63) is 47.3 Å². The number of hydrogen-bond acceptors (Lipinski definition) is 4. The van der Waals surface area contributed by atoms with Crippen molar-refractivity contribution in [1.82, 2.24) is 15.0 Å². The van der Waals surface area contributed by atoms with Gasteiger partial charge in [0, 0.05) is 23.0 Å². The maximum absolute atomic E-state index is 5.86. The number of aryl methyl sites for hydroxylation is 1. The van der Waals surface area contributed by atoms with E-state index in [2.05, 4.69) is 15.0 Å². The van der Waals surface area contributed by atoms with Gasteiger partial charge >= 0.3 is 0 Å². The van der Waals surface area contributed by atoms with Gasteiger partial charge in [-0.2, -0.15) is 0 Å². The van der Waals surface area contributed by atoms with Crippen LogP contribution in [0.3, 0.4) is 0 Å². The number of aromatic nitrogens is 3. The number of halogens is 1. The summed E-state index contributed by atoms with van der Waals surface area (Å²) in [4.78, 5) is 13.6. The molecule has 0 amide bonds. The number of pyridine rings is 1. The molecule has 2 rings (SSSR count). The van der Waals surface area contributed by atoms with E-state index in [0.29, 0.717) is 10.9 Å². The predicted molar refractivity (Wildman–Crippen MR) is 65.6 cm³/mol. The molecule has 0 unspecified atom stereocenters. The highest BCUT2D eigenvalue weighted by Gasteiger charge is 2.01. The van der Waals surface area contributed by atoms with Gasteiger partial charge < -0.3 is 0 Å². The van der Waals surface area contributed by atoms with Crippen molar-refractivity contribution in [2.24, 2.45) is 0 Å². The predicted octanol–water partition coefficient (Wildman–Crippen LogP) is 3.13. The van der Waals surface area contributed by atoms with Gasteiger partial charge in [-0.1, -0.05) is 11.6 Å². The van der Waals surface area contributed by atoms with E-state index in [9.17, 15) is 0 Å². The lowest BCUT2D eigenvalue weighted by molar-refractivity contribution is 0.995. The molecule has 0 saturated carbocycles. The Balaban J connectivity index is 2.05. The quantitative estimate of drug-likeness (QED) is 0.621. The Labute approximate surface area is 103 Å². The fraction of sp³-hybridized carbons (Fsp3) is 0.182.